The zero-order chi connectivity index (χ0) is 19.4. The maximum Gasteiger partial charge on any atom is 0.433 e. The highest BCUT2D eigenvalue weighted by molar-refractivity contribution is 9.10. The molecule has 0 saturated heterocycles. The second-order valence-electron chi connectivity index (χ2n) is 5.64. The SMILES string of the molecule is CC(=NNc1cc(C(F)(F)F)nc(-c2ccccc2)n1)c1ccc(Br)cc1. The monoisotopic (exact) mass is 434 g/mol. The highest BCUT2D eigenvalue weighted by Gasteiger charge is 2.33. The molecule has 0 atom stereocenters. The number of aromatic nitrogens is 2. The van der Waals surface area contributed by atoms with Gasteiger partial charge in [0, 0.05) is 16.1 Å². The van der Waals surface area contributed by atoms with E-state index in [4.69, 9.17) is 0 Å². The summed E-state index contributed by atoms with van der Waals surface area (Å²) in [7, 11) is 0. The van der Waals surface area contributed by atoms with Crippen molar-refractivity contribution < 1.29 is 13.2 Å². The number of hydrogen-bond acceptors (Lipinski definition) is 4. The molecule has 1 N–H and O–H groups in total. The van der Waals surface area contributed by atoms with Gasteiger partial charge in [-0.3, -0.25) is 5.43 Å². The topological polar surface area (TPSA) is 50.2 Å². The van der Waals surface area contributed by atoms with Crippen LogP contribution in [0.3, 0.4) is 0 Å². The smallest absolute Gasteiger partial charge is 0.261 e. The molecule has 0 fully saturated rings. The number of halogens is 4. The molecule has 3 rings (SSSR count). The van der Waals surface area contributed by atoms with Gasteiger partial charge in [-0.2, -0.15) is 18.3 Å². The van der Waals surface area contributed by atoms with Crippen LogP contribution in [0, 0.1) is 0 Å². The van der Waals surface area contributed by atoms with Crippen LogP contribution in [0.4, 0.5) is 19.0 Å². The van der Waals surface area contributed by atoms with E-state index < -0.39 is 11.9 Å². The second-order valence-corrected chi connectivity index (χ2v) is 6.56. The van der Waals surface area contributed by atoms with Crippen molar-refractivity contribution >= 4 is 27.5 Å². The molecule has 8 heteroatoms. The first kappa shape index (κ1) is 19.0. The van der Waals surface area contributed by atoms with Crippen molar-refractivity contribution in [2.45, 2.75) is 13.1 Å². The van der Waals surface area contributed by atoms with Crippen LogP contribution in [-0.4, -0.2) is 15.7 Å². The van der Waals surface area contributed by atoms with Gasteiger partial charge in [0.1, 0.15) is 0 Å². The van der Waals surface area contributed by atoms with Crippen molar-refractivity contribution in [1.82, 2.24) is 9.97 Å². The summed E-state index contributed by atoms with van der Waals surface area (Å²) >= 11 is 3.35. The molecule has 0 aliphatic heterocycles. The zero-order valence-corrected chi connectivity index (χ0v) is 15.7. The van der Waals surface area contributed by atoms with Gasteiger partial charge < -0.3 is 0 Å². The molecule has 0 saturated carbocycles. The summed E-state index contributed by atoms with van der Waals surface area (Å²) in [6, 6.07) is 16.7. The van der Waals surface area contributed by atoms with E-state index in [0.29, 0.717) is 11.3 Å². The first-order valence-electron chi connectivity index (χ1n) is 7.91. The molecule has 0 spiro atoms. The van der Waals surface area contributed by atoms with Gasteiger partial charge in [0.15, 0.2) is 17.3 Å². The number of hydrogen-bond donors (Lipinski definition) is 1. The molecule has 0 amide bonds. The van der Waals surface area contributed by atoms with Crippen LogP contribution in [0.1, 0.15) is 18.2 Å². The van der Waals surface area contributed by atoms with Crippen molar-refractivity contribution in [3.63, 3.8) is 0 Å². The normalized spacial score (nSPS) is 12.1. The molecule has 3 aromatic rings. The van der Waals surface area contributed by atoms with Crippen molar-refractivity contribution in [3.8, 4) is 11.4 Å². The lowest BCUT2D eigenvalue weighted by Crippen LogP contribution is -2.11. The molecule has 2 aromatic carbocycles. The van der Waals surface area contributed by atoms with Gasteiger partial charge in [-0.05, 0) is 24.6 Å². The zero-order valence-electron chi connectivity index (χ0n) is 14.1. The third kappa shape index (κ3) is 4.91. The molecule has 4 nitrogen and oxygen atoms in total. The van der Waals surface area contributed by atoms with Crippen molar-refractivity contribution in [2.24, 2.45) is 5.10 Å². The third-order valence-electron chi connectivity index (χ3n) is 3.65. The Balaban J connectivity index is 1.94. The first-order valence-corrected chi connectivity index (χ1v) is 8.70. The quantitative estimate of drug-likeness (QED) is 0.419. The minimum Gasteiger partial charge on any atom is -0.261 e. The number of nitrogens with one attached hydrogen (secondary N) is 1. The van der Waals surface area contributed by atoms with Crippen LogP contribution >= 0.6 is 15.9 Å². The number of benzene rings is 2. The fourth-order valence-electron chi connectivity index (χ4n) is 2.26. The molecule has 138 valence electrons. The van der Waals surface area contributed by atoms with E-state index >= 15 is 0 Å². The Morgan fingerprint density at radius 3 is 2.30 bits per heavy atom. The van der Waals surface area contributed by atoms with Gasteiger partial charge >= 0.3 is 6.18 Å². The van der Waals surface area contributed by atoms with Crippen molar-refractivity contribution in [3.05, 3.63) is 76.4 Å². The fraction of sp³-hybridized carbons (Fsp3) is 0.105. The number of hydrazone groups is 1. The minimum atomic E-state index is -4.59. The van der Waals surface area contributed by atoms with E-state index in [1.165, 1.54) is 0 Å². The van der Waals surface area contributed by atoms with Gasteiger partial charge in [-0.25, -0.2) is 9.97 Å². The maximum atomic E-state index is 13.2. The van der Waals surface area contributed by atoms with E-state index in [1.54, 1.807) is 37.3 Å². The van der Waals surface area contributed by atoms with E-state index in [0.717, 1.165) is 16.1 Å². The van der Waals surface area contributed by atoms with Crippen LogP contribution in [0.5, 0.6) is 0 Å². The highest BCUT2D eigenvalue weighted by Crippen LogP contribution is 2.30. The lowest BCUT2D eigenvalue weighted by atomic mass is 10.1. The number of alkyl halides is 3. The summed E-state index contributed by atoms with van der Waals surface area (Å²) < 4.78 is 40.5. The van der Waals surface area contributed by atoms with E-state index in [9.17, 15) is 13.2 Å². The van der Waals surface area contributed by atoms with Gasteiger partial charge in [0.2, 0.25) is 0 Å². The second kappa shape index (κ2) is 7.87. The summed E-state index contributed by atoms with van der Waals surface area (Å²) in [5.41, 5.74) is 3.50. The van der Waals surface area contributed by atoms with Crippen LogP contribution in [0.25, 0.3) is 11.4 Å². The summed E-state index contributed by atoms with van der Waals surface area (Å²) in [6.07, 6.45) is -4.59. The number of rotatable bonds is 4. The standard InChI is InChI=1S/C19H14BrF3N4/c1-12(13-7-9-15(20)10-8-13)26-27-17-11-16(19(21,22)23)24-18(25-17)14-5-3-2-4-6-14/h2-11H,1H3,(H,24,25,27). The Bertz CT molecular complexity index is 955. The first-order chi connectivity index (χ1) is 12.8. The average Bonchev–Trinajstić information content (AvgIpc) is 2.66. The Labute approximate surface area is 162 Å². The Hall–Kier alpha value is -2.74. The predicted molar refractivity (Wildman–Crippen MR) is 102 cm³/mol. The van der Waals surface area contributed by atoms with Gasteiger partial charge in [0.05, 0.1) is 5.71 Å². The lowest BCUT2D eigenvalue weighted by molar-refractivity contribution is -0.141. The Morgan fingerprint density at radius 2 is 1.67 bits per heavy atom. The molecule has 0 bridgehead atoms. The van der Waals surface area contributed by atoms with Gasteiger partial charge in [-0.1, -0.05) is 58.4 Å². The highest BCUT2D eigenvalue weighted by atomic mass is 79.9. The van der Waals surface area contributed by atoms with Crippen LogP contribution in [-0.2, 0) is 6.18 Å². The van der Waals surface area contributed by atoms with Gasteiger partial charge in [0.25, 0.3) is 0 Å². The van der Waals surface area contributed by atoms with Crippen LogP contribution in [0.15, 0.2) is 70.2 Å². The minimum absolute atomic E-state index is 0.0237. The van der Waals surface area contributed by atoms with Crippen LogP contribution in [0.2, 0.25) is 0 Å². The molecule has 1 aromatic heterocycles. The Morgan fingerprint density at radius 1 is 1.00 bits per heavy atom. The molecule has 27 heavy (non-hydrogen) atoms. The van der Waals surface area contributed by atoms with Gasteiger partial charge in [-0.15, -0.1) is 0 Å². The van der Waals surface area contributed by atoms with E-state index in [-0.39, 0.29) is 11.6 Å². The fourth-order valence-corrected chi connectivity index (χ4v) is 2.53. The summed E-state index contributed by atoms with van der Waals surface area (Å²) in [6.45, 7) is 1.75. The largest absolute Gasteiger partial charge is 0.433 e. The molecular formula is C19H14BrF3N4. The van der Waals surface area contributed by atoms with E-state index in [1.807, 2.05) is 24.3 Å². The Kier molecular flexibility index (Phi) is 5.55. The summed E-state index contributed by atoms with van der Waals surface area (Å²) in [5.74, 6) is -0.0583. The molecule has 0 aliphatic rings. The molecule has 1 heterocycles. The summed E-state index contributed by atoms with van der Waals surface area (Å²) in [4.78, 5) is 7.80. The van der Waals surface area contributed by atoms with Crippen LogP contribution < -0.4 is 5.43 Å². The van der Waals surface area contributed by atoms with Crippen molar-refractivity contribution in [1.29, 1.82) is 0 Å². The molecule has 0 unspecified atom stereocenters. The number of anilines is 1. The third-order valence-corrected chi connectivity index (χ3v) is 4.18. The average molecular weight is 435 g/mol. The molecule has 0 radical (unpaired) electrons. The predicted octanol–water partition coefficient (Wildman–Crippen LogP) is 5.76. The molecular weight excluding hydrogens is 421 g/mol. The van der Waals surface area contributed by atoms with Crippen molar-refractivity contribution in [2.75, 3.05) is 5.43 Å². The summed E-state index contributed by atoms with van der Waals surface area (Å²) in [5, 5.41) is 4.15. The number of nitrogens with zero attached hydrogens (tertiary/aromatic N) is 3. The lowest BCUT2D eigenvalue weighted by Gasteiger charge is -2.11. The van der Waals surface area contributed by atoms with E-state index in [2.05, 4.69) is 36.4 Å². The molecule has 0 aliphatic carbocycles. The maximum absolute atomic E-state index is 13.2.